The van der Waals surface area contributed by atoms with Crippen molar-refractivity contribution >= 4 is 28.6 Å². The number of carbonyl (C=O) groups is 2. The second-order valence-electron chi connectivity index (χ2n) is 8.07. The Hall–Kier alpha value is -4.15. The van der Waals surface area contributed by atoms with E-state index in [0.717, 1.165) is 19.3 Å². The predicted molar refractivity (Wildman–Crippen MR) is 120 cm³/mol. The first-order valence-electron chi connectivity index (χ1n) is 10.8. The van der Waals surface area contributed by atoms with E-state index in [0.29, 0.717) is 46.8 Å². The maximum Gasteiger partial charge on any atom is 0.420 e. The highest BCUT2D eigenvalue weighted by Crippen LogP contribution is 2.23. The van der Waals surface area contributed by atoms with Gasteiger partial charge in [-0.1, -0.05) is 0 Å². The highest BCUT2D eigenvalue weighted by molar-refractivity contribution is 6.08. The van der Waals surface area contributed by atoms with Crippen LogP contribution in [0.1, 0.15) is 29.6 Å². The molecule has 1 aliphatic heterocycles. The number of anilines is 1. The van der Waals surface area contributed by atoms with E-state index >= 15 is 0 Å². The standard InChI is InChI=1S/C22H23N7O4/c1-27-10-7-16(26-27)20-15(12-23-25-20)21(31)24-14-5-6-18-17(11-14)29(22(32)33-18)13-19(30)28-8-3-2-4-9-28/h5-7,10-12H,2-4,8-9,13H2,1H3,(H,23,25)(H,24,31). The fourth-order valence-corrected chi connectivity index (χ4v) is 4.07. The molecule has 0 aliphatic carbocycles. The van der Waals surface area contributed by atoms with Gasteiger partial charge in [0, 0.05) is 32.0 Å². The number of H-pyrrole nitrogens is 1. The summed E-state index contributed by atoms with van der Waals surface area (Å²) in [5, 5.41) is 13.9. The zero-order valence-electron chi connectivity index (χ0n) is 18.1. The number of nitrogens with one attached hydrogen (secondary N) is 2. The Morgan fingerprint density at radius 2 is 2.00 bits per heavy atom. The van der Waals surface area contributed by atoms with E-state index in [2.05, 4.69) is 20.6 Å². The summed E-state index contributed by atoms with van der Waals surface area (Å²) in [5.74, 6) is -1.11. The Labute approximate surface area is 188 Å². The molecule has 1 aliphatic rings. The molecule has 2 amide bonds. The number of aromatic nitrogens is 5. The van der Waals surface area contributed by atoms with E-state index in [1.54, 1.807) is 47.1 Å². The lowest BCUT2D eigenvalue weighted by Gasteiger charge is -2.26. The molecule has 2 N–H and O–H groups in total. The Bertz CT molecular complexity index is 1390. The molecule has 33 heavy (non-hydrogen) atoms. The van der Waals surface area contributed by atoms with Crippen LogP contribution in [0.25, 0.3) is 22.5 Å². The van der Waals surface area contributed by atoms with Gasteiger partial charge < -0.3 is 14.6 Å². The molecule has 0 radical (unpaired) electrons. The van der Waals surface area contributed by atoms with Crippen LogP contribution in [0.5, 0.6) is 0 Å². The lowest BCUT2D eigenvalue weighted by molar-refractivity contribution is -0.132. The number of hydrogen-bond acceptors (Lipinski definition) is 6. The topological polar surface area (TPSA) is 131 Å². The predicted octanol–water partition coefficient (Wildman–Crippen LogP) is 1.98. The lowest BCUT2D eigenvalue weighted by Crippen LogP contribution is -2.39. The number of likely N-dealkylation sites (tertiary alicyclic amines) is 1. The second-order valence-corrected chi connectivity index (χ2v) is 8.07. The smallest absolute Gasteiger partial charge is 0.408 e. The summed E-state index contributed by atoms with van der Waals surface area (Å²) in [6, 6.07) is 6.64. The van der Waals surface area contributed by atoms with Crippen LogP contribution in [0, 0.1) is 0 Å². The van der Waals surface area contributed by atoms with Gasteiger partial charge in [0.15, 0.2) is 5.58 Å². The van der Waals surface area contributed by atoms with Gasteiger partial charge in [0.05, 0.1) is 23.0 Å². The number of piperidine rings is 1. The Kier molecular flexibility index (Phi) is 5.29. The zero-order chi connectivity index (χ0) is 22.9. The van der Waals surface area contributed by atoms with Crippen LogP contribution in [0.15, 0.2) is 45.9 Å². The number of rotatable bonds is 5. The van der Waals surface area contributed by atoms with E-state index in [4.69, 9.17) is 4.42 Å². The van der Waals surface area contributed by atoms with Crippen molar-refractivity contribution < 1.29 is 14.0 Å². The number of nitrogens with zero attached hydrogens (tertiary/aromatic N) is 5. The van der Waals surface area contributed by atoms with Gasteiger partial charge in [-0.2, -0.15) is 10.2 Å². The van der Waals surface area contributed by atoms with E-state index < -0.39 is 5.76 Å². The van der Waals surface area contributed by atoms with Gasteiger partial charge in [0.25, 0.3) is 5.91 Å². The molecule has 11 nitrogen and oxygen atoms in total. The van der Waals surface area contributed by atoms with Gasteiger partial charge in [-0.05, 0) is 43.5 Å². The third kappa shape index (κ3) is 4.04. The number of benzene rings is 1. The fraction of sp³-hybridized carbons (Fsp3) is 0.318. The van der Waals surface area contributed by atoms with Crippen LogP contribution < -0.4 is 11.1 Å². The van der Waals surface area contributed by atoms with Gasteiger partial charge >= 0.3 is 5.76 Å². The summed E-state index contributed by atoms with van der Waals surface area (Å²) in [5.41, 5.74) is 2.68. The van der Waals surface area contributed by atoms with Crippen LogP contribution in [0.3, 0.4) is 0 Å². The average molecular weight is 449 g/mol. The maximum absolute atomic E-state index is 12.9. The minimum atomic E-state index is -0.605. The quantitative estimate of drug-likeness (QED) is 0.479. The summed E-state index contributed by atoms with van der Waals surface area (Å²) in [6.07, 6.45) is 6.26. The molecule has 0 unspecified atom stereocenters. The first-order chi connectivity index (χ1) is 16.0. The fourth-order valence-electron chi connectivity index (χ4n) is 4.07. The zero-order valence-corrected chi connectivity index (χ0v) is 18.1. The Morgan fingerprint density at radius 1 is 1.18 bits per heavy atom. The van der Waals surface area contributed by atoms with Crippen molar-refractivity contribution in [2.24, 2.45) is 7.05 Å². The minimum Gasteiger partial charge on any atom is -0.408 e. The summed E-state index contributed by atoms with van der Waals surface area (Å²) >= 11 is 0. The van der Waals surface area contributed by atoms with Crippen molar-refractivity contribution in [1.82, 2.24) is 29.4 Å². The molecular weight excluding hydrogens is 426 g/mol. The van der Waals surface area contributed by atoms with Gasteiger partial charge in [-0.15, -0.1) is 0 Å². The van der Waals surface area contributed by atoms with Crippen molar-refractivity contribution in [3.63, 3.8) is 0 Å². The van der Waals surface area contributed by atoms with Gasteiger partial charge in [-0.25, -0.2) is 4.79 Å². The molecule has 4 aromatic rings. The van der Waals surface area contributed by atoms with E-state index in [1.165, 1.54) is 10.8 Å². The average Bonchev–Trinajstić information content (AvgIpc) is 3.54. The molecule has 0 atom stereocenters. The number of aromatic amines is 1. The number of amides is 2. The van der Waals surface area contributed by atoms with Crippen molar-refractivity contribution in [3.05, 3.63) is 52.8 Å². The minimum absolute atomic E-state index is 0.102. The molecule has 11 heteroatoms. The van der Waals surface area contributed by atoms with Crippen molar-refractivity contribution in [1.29, 1.82) is 0 Å². The highest BCUT2D eigenvalue weighted by Gasteiger charge is 2.21. The van der Waals surface area contributed by atoms with Gasteiger partial charge in [0.1, 0.15) is 12.2 Å². The molecule has 0 bridgehead atoms. The van der Waals surface area contributed by atoms with Crippen molar-refractivity contribution in [2.75, 3.05) is 18.4 Å². The molecule has 1 aromatic carbocycles. The van der Waals surface area contributed by atoms with Gasteiger partial charge in [0.2, 0.25) is 5.91 Å². The summed E-state index contributed by atoms with van der Waals surface area (Å²) in [4.78, 5) is 39.8. The molecule has 1 fully saturated rings. The van der Waals surface area contributed by atoms with Crippen LogP contribution >= 0.6 is 0 Å². The molecular formula is C22H23N7O4. The monoisotopic (exact) mass is 449 g/mol. The van der Waals surface area contributed by atoms with Crippen LogP contribution in [-0.2, 0) is 18.4 Å². The molecule has 0 spiro atoms. The SMILES string of the molecule is Cn1ccc(-c2[nH]ncc2C(=O)Nc2ccc3oc(=O)n(CC(=O)N4CCCCC4)c3c2)n1. The normalized spacial score (nSPS) is 14.0. The van der Waals surface area contributed by atoms with Crippen molar-refractivity contribution in [3.8, 4) is 11.4 Å². The number of aryl methyl sites for hydroxylation is 1. The van der Waals surface area contributed by atoms with E-state index in [9.17, 15) is 14.4 Å². The first kappa shape index (κ1) is 20.7. The van der Waals surface area contributed by atoms with E-state index in [-0.39, 0.29) is 18.4 Å². The Balaban J connectivity index is 1.39. The summed E-state index contributed by atoms with van der Waals surface area (Å²) < 4.78 is 8.24. The largest absolute Gasteiger partial charge is 0.420 e. The number of oxazole rings is 1. The molecule has 5 rings (SSSR count). The third-order valence-corrected chi connectivity index (χ3v) is 5.78. The Morgan fingerprint density at radius 3 is 2.76 bits per heavy atom. The summed E-state index contributed by atoms with van der Waals surface area (Å²) in [7, 11) is 1.79. The molecule has 0 saturated carbocycles. The second kappa shape index (κ2) is 8.41. The number of hydrogen-bond donors (Lipinski definition) is 2. The molecule has 1 saturated heterocycles. The van der Waals surface area contributed by atoms with Crippen LogP contribution in [0.2, 0.25) is 0 Å². The van der Waals surface area contributed by atoms with Gasteiger partial charge in [-0.3, -0.25) is 23.9 Å². The number of carbonyl (C=O) groups excluding carboxylic acids is 2. The molecule has 3 aromatic heterocycles. The molecule has 4 heterocycles. The lowest BCUT2D eigenvalue weighted by atomic mass is 10.1. The van der Waals surface area contributed by atoms with Crippen LogP contribution in [-0.4, -0.2) is 54.3 Å². The maximum atomic E-state index is 12.9. The first-order valence-corrected chi connectivity index (χ1v) is 10.8. The summed E-state index contributed by atoms with van der Waals surface area (Å²) in [6.45, 7) is 1.30. The highest BCUT2D eigenvalue weighted by atomic mass is 16.4. The molecule has 170 valence electrons. The van der Waals surface area contributed by atoms with E-state index in [1.807, 2.05) is 0 Å². The third-order valence-electron chi connectivity index (χ3n) is 5.78. The number of fused-ring (bicyclic) bond motifs is 1. The van der Waals surface area contributed by atoms with Crippen molar-refractivity contribution in [2.45, 2.75) is 25.8 Å². The van der Waals surface area contributed by atoms with Crippen LogP contribution in [0.4, 0.5) is 5.69 Å².